The molecule has 0 saturated carbocycles. The molecule has 0 aromatic heterocycles. The SMILES string of the molecule is CCCCSc1ccc(N)c(C(=O)OCC)c1. The Morgan fingerprint density at radius 2 is 2.18 bits per heavy atom. The number of benzene rings is 1. The van der Waals surface area contributed by atoms with Crippen LogP contribution < -0.4 is 5.73 Å². The Morgan fingerprint density at radius 3 is 2.82 bits per heavy atom. The van der Waals surface area contributed by atoms with Crippen LogP contribution in [0.15, 0.2) is 23.1 Å². The van der Waals surface area contributed by atoms with Crippen molar-refractivity contribution in [2.24, 2.45) is 0 Å². The van der Waals surface area contributed by atoms with Gasteiger partial charge in [0.15, 0.2) is 0 Å². The number of rotatable bonds is 6. The van der Waals surface area contributed by atoms with E-state index in [0.717, 1.165) is 10.6 Å². The first-order valence-corrected chi connectivity index (χ1v) is 6.87. The van der Waals surface area contributed by atoms with Crippen LogP contribution in [0.25, 0.3) is 0 Å². The molecule has 0 aliphatic carbocycles. The van der Waals surface area contributed by atoms with Crippen LogP contribution in [-0.2, 0) is 4.74 Å². The van der Waals surface area contributed by atoms with Gasteiger partial charge in [-0.25, -0.2) is 4.79 Å². The molecule has 0 aliphatic heterocycles. The second kappa shape index (κ2) is 7.22. The van der Waals surface area contributed by atoms with Crippen LogP contribution in [-0.4, -0.2) is 18.3 Å². The Hall–Kier alpha value is -1.16. The standard InChI is InChI=1S/C13H19NO2S/c1-3-5-8-17-10-6-7-12(14)11(9-10)13(15)16-4-2/h6-7,9H,3-5,8,14H2,1-2H3. The first-order chi connectivity index (χ1) is 8.19. The van der Waals surface area contributed by atoms with Crippen LogP contribution in [0.3, 0.4) is 0 Å². The fraction of sp³-hybridized carbons (Fsp3) is 0.462. The van der Waals surface area contributed by atoms with Gasteiger partial charge in [-0.2, -0.15) is 0 Å². The Morgan fingerprint density at radius 1 is 1.41 bits per heavy atom. The Kier molecular flexibility index (Phi) is 5.91. The number of hydrogen-bond donors (Lipinski definition) is 1. The van der Waals surface area contributed by atoms with E-state index in [-0.39, 0.29) is 5.97 Å². The normalized spacial score (nSPS) is 10.2. The summed E-state index contributed by atoms with van der Waals surface area (Å²) in [5.41, 5.74) is 6.71. The van der Waals surface area contributed by atoms with Gasteiger partial charge >= 0.3 is 5.97 Å². The van der Waals surface area contributed by atoms with Crippen LogP contribution >= 0.6 is 11.8 Å². The number of thioether (sulfide) groups is 1. The van der Waals surface area contributed by atoms with E-state index in [2.05, 4.69) is 6.92 Å². The van der Waals surface area contributed by atoms with Gasteiger partial charge in [-0.3, -0.25) is 0 Å². The number of nitrogens with two attached hydrogens (primary N) is 1. The minimum absolute atomic E-state index is 0.344. The molecule has 3 nitrogen and oxygen atoms in total. The van der Waals surface area contributed by atoms with Crippen molar-refractivity contribution in [2.45, 2.75) is 31.6 Å². The van der Waals surface area contributed by atoms with Gasteiger partial charge in [-0.15, -0.1) is 11.8 Å². The molecule has 1 aromatic rings. The smallest absolute Gasteiger partial charge is 0.340 e. The lowest BCUT2D eigenvalue weighted by Crippen LogP contribution is -2.08. The second-order valence-electron chi connectivity index (χ2n) is 3.67. The molecule has 17 heavy (non-hydrogen) atoms. The second-order valence-corrected chi connectivity index (χ2v) is 4.84. The zero-order valence-corrected chi connectivity index (χ0v) is 11.2. The molecule has 1 aromatic carbocycles. The molecule has 0 amide bonds. The molecule has 1 rings (SSSR count). The maximum Gasteiger partial charge on any atom is 0.340 e. The summed E-state index contributed by atoms with van der Waals surface area (Å²) < 4.78 is 4.96. The van der Waals surface area contributed by atoms with Crippen LogP contribution in [0.4, 0.5) is 5.69 Å². The fourth-order valence-corrected chi connectivity index (χ4v) is 2.38. The number of hydrogen-bond acceptors (Lipinski definition) is 4. The summed E-state index contributed by atoms with van der Waals surface area (Å²) in [4.78, 5) is 12.7. The predicted molar refractivity (Wildman–Crippen MR) is 72.4 cm³/mol. The quantitative estimate of drug-likeness (QED) is 0.365. The van der Waals surface area contributed by atoms with Crippen molar-refractivity contribution in [1.29, 1.82) is 0 Å². The van der Waals surface area contributed by atoms with E-state index in [1.165, 1.54) is 12.8 Å². The first-order valence-electron chi connectivity index (χ1n) is 5.88. The van der Waals surface area contributed by atoms with Crippen molar-refractivity contribution >= 4 is 23.4 Å². The lowest BCUT2D eigenvalue weighted by atomic mass is 10.2. The number of anilines is 1. The van der Waals surface area contributed by atoms with Gasteiger partial charge in [-0.1, -0.05) is 13.3 Å². The average molecular weight is 253 g/mol. The van der Waals surface area contributed by atoms with Crippen molar-refractivity contribution < 1.29 is 9.53 Å². The van der Waals surface area contributed by atoms with Crippen LogP contribution in [0.2, 0.25) is 0 Å². The highest BCUT2D eigenvalue weighted by molar-refractivity contribution is 7.99. The van der Waals surface area contributed by atoms with Crippen molar-refractivity contribution in [3.05, 3.63) is 23.8 Å². The van der Waals surface area contributed by atoms with E-state index in [1.54, 1.807) is 24.8 Å². The van der Waals surface area contributed by atoms with Crippen LogP contribution in [0.1, 0.15) is 37.0 Å². The Bertz CT molecular complexity index is 380. The van der Waals surface area contributed by atoms with Gasteiger partial charge in [0.1, 0.15) is 0 Å². The van der Waals surface area contributed by atoms with E-state index >= 15 is 0 Å². The number of carbonyl (C=O) groups is 1. The summed E-state index contributed by atoms with van der Waals surface area (Å²) in [6.07, 6.45) is 2.34. The highest BCUT2D eigenvalue weighted by Gasteiger charge is 2.11. The zero-order chi connectivity index (χ0) is 12.7. The third-order valence-corrected chi connectivity index (χ3v) is 3.37. The molecule has 0 unspecified atom stereocenters. The van der Waals surface area contributed by atoms with Gasteiger partial charge in [-0.05, 0) is 37.3 Å². The molecule has 0 spiro atoms. The molecule has 0 radical (unpaired) electrons. The lowest BCUT2D eigenvalue weighted by molar-refractivity contribution is 0.0527. The van der Waals surface area contributed by atoms with Gasteiger partial charge < -0.3 is 10.5 Å². The van der Waals surface area contributed by atoms with E-state index in [4.69, 9.17) is 10.5 Å². The molecule has 0 heterocycles. The number of ether oxygens (including phenoxy) is 1. The van der Waals surface area contributed by atoms with E-state index in [9.17, 15) is 4.79 Å². The van der Waals surface area contributed by atoms with Crippen LogP contribution in [0.5, 0.6) is 0 Å². The molecule has 94 valence electrons. The van der Waals surface area contributed by atoms with Gasteiger partial charge in [0.2, 0.25) is 0 Å². The largest absolute Gasteiger partial charge is 0.462 e. The fourth-order valence-electron chi connectivity index (χ4n) is 1.35. The Labute approximate surface area is 107 Å². The minimum atomic E-state index is -0.344. The average Bonchev–Trinajstić information content (AvgIpc) is 2.32. The third kappa shape index (κ3) is 4.30. The van der Waals surface area contributed by atoms with Gasteiger partial charge in [0.25, 0.3) is 0 Å². The van der Waals surface area contributed by atoms with E-state index in [0.29, 0.717) is 17.9 Å². The van der Waals surface area contributed by atoms with E-state index < -0.39 is 0 Å². The molecule has 0 atom stereocenters. The number of esters is 1. The summed E-state index contributed by atoms with van der Waals surface area (Å²) in [6.45, 7) is 4.31. The number of carbonyl (C=O) groups excluding carboxylic acids is 1. The first kappa shape index (κ1) is 13.9. The van der Waals surface area contributed by atoms with E-state index in [1.807, 2.05) is 12.1 Å². The van der Waals surface area contributed by atoms with Crippen molar-refractivity contribution in [2.75, 3.05) is 18.1 Å². The van der Waals surface area contributed by atoms with Crippen LogP contribution in [0, 0.1) is 0 Å². The summed E-state index contributed by atoms with van der Waals surface area (Å²) in [5, 5.41) is 0. The predicted octanol–water partition coefficient (Wildman–Crippen LogP) is 3.34. The monoisotopic (exact) mass is 253 g/mol. The highest BCUT2D eigenvalue weighted by Crippen LogP contribution is 2.24. The number of unbranched alkanes of at least 4 members (excludes halogenated alkanes) is 1. The molecule has 0 aliphatic rings. The maximum absolute atomic E-state index is 11.6. The third-order valence-electron chi connectivity index (χ3n) is 2.29. The zero-order valence-electron chi connectivity index (χ0n) is 10.4. The van der Waals surface area contributed by atoms with Crippen molar-refractivity contribution in [3.8, 4) is 0 Å². The molecule has 4 heteroatoms. The topological polar surface area (TPSA) is 52.3 Å². The molecular formula is C13H19NO2S. The summed E-state index contributed by atoms with van der Waals surface area (Å²) in [7, 11) is 0. The molecular weight excluding hydrogens is 234 g/mol. The summed E-state index contributed by atoms with van der Waals surface area (Å²) >= 11 is 1.74. The van der Waals surface area contributed by atoms with Gasteiger partial charge in [0, 0.05) is 10.6 Å². The Balaban J connectivity index is 2.75. The van der Waals surface area contributed by atoms with Crippen molar-refractivity contribution in [1.82, 2.24) is 0 Å². The minimum Gasteiger partial charge on any atom is -0.462 e. The molecule has 0 fully saturated rings. The summed E-state index contributed by atoms with van der Waals surface area (Å²) in [5.74, 6) is 0.714. The number of nitrogen functional groups attached to an aromatic ring is 1. The maximum atomic E-state index is 11.6. The molecule has 2 N–H and O–H groups in total. The molecule has 0 bridgehead atoms. The highest BCUT2D eigenvalue weighted by atomic mass is 32.2. The molecule has 0 saturated heterocycles. The van der Waals surface area contributed by atoms with Crippen molar-refractivity contribution in [3.63, 3.8) is 0 Å². The summed E-state index contributed by atoms with van der Waals surface area (Å²) in [6, 6.07) is 5.52. The van der Waals surface area contributed by atoms with Gasteiger partial charge in [0.05, 0.1) is 12.2 Å². The lowest BCUT2D eigenvalue weighted by Gasteiger charge is -2.07.